The summed E-state index contributed by atoms with van der Waals surface area (Å²) in [6, 6.07) is 10.1. The number of carbonyl (C=O) groups excluding carboxylic acids is 3. The van der Waals surface area contributed by atoms with Gasteiger partial charge in [-0.25, -0.2) is 0 Å². The summed E-state index contributed by atoms with van der Waals surface area (Å²) in [7, 11) is 2.99. The topological polar surface area (TPSA) is 106 Å². The van der Waals surface area contributed by atoms with E-state index in [4.69, 9.17) is 14.2 Å². The first-order valence-corrected chi connectivity index (χ1v) is 11.9. The molecule has 2 aliphatic rings. The number of methoxy groups -OCH3 is 2. The molecule has 4 rings (SSSR count). The molecule has 0 aromatic heterocycles. The lowest BCUT2D eigenvalue weighted by Crippen LogP contribution is -2.36. The molecule has 3 amide bonds. The number of nitrogens with one attached hydrogen (secondary N) is 2. The number of hydrogen-bond acceptors (Lipinski definition) is 6. The van der Waals surface area contributed by atoms with E-state index in [9.17, 15) is 14.4 Å². The molecule has 2 fully saturated rings. The van der Waals surface area contributed by atoms with Gasteiger partial charge >= 0.3 is 0 Å². The molecular weight excluding hydrogens is 450 g/mol. The van der Waals surface area contributed by atoms with Crippen LogP contribution >= 0.6 is 0 Å². The van der Waals surface area contributed by atoms with E-state index >= 15 is 0 Å². The Morgan fingerprint density at radius 1 is 0.943 bits per heavy atom. The predicted octanol–water partition coefficient (Wildman–Crippen LogP) is 3.70. The number of amides is 3. The lowest BCUT2D eigenvalue weighted by atomic mass is 10.1. The average molecular weight is 482 g/mol. The highest BCUT2D eigenvalue weighted by Crippen LogP contribution is 2.34. The fourth-order valence-electron chi connectivity index (χ4n) is 4.02. The van der Waals surface area contributed by atoms with Crippen LogP contribution in [0.5, 0.6) is 17.2 Å². The van der Waals surface area contributed by atoms with Gasteiger partial charge in [0, 0.05) is 36.8 Å². The summed E-state index contributed by atoms with van der Waals surface area (Å²) in [5.41, 5.74) is 1.29. The number of rotatable bonds is 9. The Morgan fingerprint density at radius 3 is 2.34 bits per heavy atom. The van der Waals surface area contributed by atoms with Gasteiger partial charge in [-0.15, -0.1) is 0 Å². The predicted molar refractivity (Wildman–Crippen MR) is 131 cm³/mol. The molecule has 1 saturated carbocycles. The largest absolute Gasteiger partial charge is 0.493 e. The van der Waals surface area contributed by atoms with Crippen molar-refractivity contribution in [2.75, 3.05) is 44.5 Å². The standard InChI is InChI=1S/C26H31N3O6/c1-33-22-14-20(26(32)29-11-4-3-5-12-29)21(15-23(22)34-2)28-24(30)16-35-19-8-6-7-18(13-19)27-25(31)17-9-10-17/h6-8,13-15,17H,3-5,9-12,16H2,1-2H3,(H,27,31)(H,28,30). The van der Waals surface area contributed by atoms with Gasteiger partial charge in [-0.2, -0.15) is 0 Å². The van der Waals surface area contributed by atoms with Crippen LogP contribution in [0.15, 0.2) is 36.4 Å². The third-order valence-electron chi connectivity index (χ3n) is 6.09. The molecule has 1 saturated heterocycles. The Bertz CT molecular complexity index is 1090. The number of nitrogens with zero attached hydrogens (tertiary/aromatic N) is 1. The number of ether oxygens (including phenoxy) is 3. The van der Waals surface area contributed by atoms with Gasteiger partial charge in [0.15, 0.2) is 18.1 Å². The van der Waals surface area contributed by atoms with Crippen LogP contribution in [0.25, 0.3) is 0 Å². The molecule has 9 heteroatoms. The summed E-state index contributed by atoms with van der Waals surface area (Å²) in [6.07, 6.45) is 4.84. The van der Waals surface area contributed by atoms with Crippen LogP contribution in [0, 0.1) is 5.92 Å². The van der Waals surface area contributed by atoms with Crippen LogP contribution in [0.1, 0.15) is 42.5 Å². The minimum Gasteiger partial charge on any atom is -0.493 e. The molecule has 0 unspecified atom stereocenters. The van der Waals surface area contributed by atoms with Crippen molar-refractivity contribution in [3.05, 3.63) is 42.0 Å². The first kappa shape index (κ1) is 24.4. The lowest BCUT2D eigenvalue weighted by molar-refractivity contribution is -0.118. The second-order valence-electron chi connectivity index (χ2n) is 8.73. The summed E-state index contributed by atoms with van der Waals surface area (Å²) >= 11 is 0. The molecule has 1 heterocycles. The van der Waals surface area contributed by atoms with Gasteiger partial charge in [0.2, 0.25) is 5.91 Å². The Labute approximate surface area is 204 Å². The molecule has 0 atom stereocenters. The molecule has 2 aromatic rings. The minimum absolute atomic E-state index is 0.000696. The number of piperidine rings is 1. The normalized spacial score (nSPS) is 15.2. The van der Waals surface area contributed by atoms with Crippen LogP contribution in [-0.2, 0) is 9.59 Å². The summed E-state index contributed by atoms with van der Waals surface area (Å²) in [6.45, 7) is 1.08. The Balaban J connectivity index is 1.45. The van der Waals surface area contributed by atoms with Crippen LogP contribution in [-0.4, -0.2) is 56.5 Å². The Kier molecular flexibility index (Phi) is 7.74. The zero-order valence-corrected chi connectivity index (χ0v) is 20.1. The van der Waals surface area contributed by atoms with Crippen molar-refractivity contribution in [2.24, 2.45) is 5.92 Å². The highest BCUT2D eigenvalue weighted by atomic mass is 16.5. The second-order valence-corrected chi connectivity index (χ2v) is 8.73. The van der Waals surface area contributed by atoms with E-state index in [1.165, 1.54) is 14.2 Å². The van der Waals surface area contributed by atoms with Crippen molar-refractivity contribution in [2.45, 2.75) is 32.1 Å². The summed E-state index contributed by atoms with van der Waals surface area (Å²) in [5.74, 6) is 0.752. The average Bonchev–Trinajstić information content (AvgIpc) is 3.73. The molecule has 0 spiro atoms. The monoisotopic (exact) mass is 481 g/mol. The first-order valence-electron chi connectivity index (χ1n) is 11.9. The zero-order chi connectivity index (χ0) is 24.8. The first-order chi connectivity index (χ1) is 17.0. The SMILES string of the molecule is COc1cc(NC(=O)COc2cccc(NC(=O)C3CC3)c2)c(C(=O)N2CCCCC2)cc1OC. The fraction of sp³-hybridized carbons (Fsp3) is 0.423. The van der Waals surface area contributed by atoms with Crippen molar-refractivity contribution in [3.8, 4) is 17.2 Å². The van der Waals surface area contributed by atoms with Gasteiger partial charge in [0.05, 0.1) is 25.5 Å². The number of likely N-dealkylation sites (tertiary alicyclic amines) is 1. The van der Waals surface area contributed by atoms with Crippen molar-refractivity contribution in [1.82, 2.24) is 4.90 Å². The van der Waals surface area contributed by atoms with Crippen molar-refractivity contribution >= 4 is 29.1 Å². The van der Waals surface area contributed by atoms with Gasteiger partial charge < -0.3 is 29.7 Å². The van der Waals surface area contributed by atoms with Gasteiger partial charge in [-0.3, -0.25) is 14.4 Å². The Morgan fingerprint density at radius 2 is 1.66 bits per heavy atom. The molecule has 35 heavy (non-hydrogen) atoms. The van der Waals surface area contributed by atoms with Crippen LogP contribution in [0.2, 0.25) is 0 Å². The summed E-state index contributed by atoms with van der Waals surface area (Å²) in [4.78, 5) is 39.8. The quantitative estimate of drug-likeness (QED) is 0.566. The maximum atomic E-state index is 13.2. The molecule has 9 nitrogen and oxygen atoms in total. The van der Waals surface area contributed by atoms with E-state index in [-0.39, 0.29) is 24.3 Å². The summed E-state index contributed by atoms with van der Waals surface area (Å²) < 4.78 is 16.4. The highest BCUT2D eigenvalue weighted by molar-refractivity contribution is 6.05. The zero-order valence-electron chi connectivity index (χ0n) is 20.1. The van der Waals surface area contributed by atoms with E-state index in [2.05, 4.69) is 10.6 Å². The van der Waals surface area contributed by atoms with Gasteiger partial charge in [0.1, 0.15) is 5.75 Å². The third-order valence-corrected chi connectivity index (χ3v) is 6.09. The fourth-order valence-corrected chi connectivity index (χ4v) is 4.02. The Hall–Kier alpha value is -3.75. The molecule has 186 valence electrons. The van der Waals surface area contributed by atoms with Gasteiger partial charge in [0.25, 0.3) is 11.8 Å². The molecular formula is C26H31N3O6. The molecule has 1 aliphatic heterocycles. The smallest absolute Gasteiger partial charge is 0.262 e. The van der Waals surface area contributed by atoms with E-state index < -0.39 is 5.91 Å². The van der Waals surface area contributed by atoms with Crippen molar-refractivity contribution in [1.29, 1.82) is 0 Å². The number of benzene rings is 2. The third kappa shape index (κ3) is 6.23. The maximum absolute atomic E-state index is 13.2. The van der Waals surface area contributed by atoms with E-state index in [1.54, 1.807) is 41.3 Å². The van der Waals surface area contributed by atoms with Crippen LogP contribution in [0.4, 0.5) is 11.4 Å². The number of carbonyl (C=O) groups is 3. The summed E-state index contributed by atoms with van der Waals surface area (Å²) in [5, 5.41) is 5.64. The van der Waals surface area contributed by atoms with Crippen molar-refractivity contribution in [3.63, 3.8) is 0 Å². The van der Waals surface area contributed by atoms with E-state index in [1.807, 2.05) is 0 Å². The molecule has 0 bridgehead atoms. The minimum atomic E-state index is -0.433. The number of anilines is 2. The second kappa shape index (κ2) is 11.1. The lowest BCUT2D eigenvalue weighted by Gasteiger charge is -2.28. The molecule has 2 aromatic carbocycles. The van der Waals surface area contributed by atoms with Gasteiger partial charge in [-0.1, -0.05) is 6.07 Å². The van der Waals surface area contributed by atoms with Crippen LogP contribution in [0.3, 0.4) is 0 Å². The van der Waals surface area contributed by atoms with E-state index in [0.717, 1.165) is 32.1 Å². The number of hydrogen-bond donors (Lipinski definition) is 2. The van der Waals surface area contributed by atoms with Gasteiger partial charge in [-0.05, 0) is 50.3 Å². The van der Waals surface area contributed by atoms with Crippen molar-refractivity contribution < 1.29 is 28.6 Å². The highest BCUT2D eigenvalue weighted by Gasteiger charge is 2.29. The van der Waals surface area contributed by atoms with Crippen LogP contribution < -0.4 is 24.8 Å². The van der Waals surface area contributed by atoms with E-state index in [0.29, 0.717) is 47.3 Å². The molecule has 1 aliphatic carbocycles. The molecule has 0 radical (unpaired) electrons. The maximum Gasteiger partial charge on any atom is 0.262 e. The molecule has 2 N–H and O–H groups in total.